The molecule has 0 saturated heterocycles. The Labute approximate surface area is 106 Å². The van der Waals surface area contributed by atoms with Crippen LogP contribution < -0.4 is 0 Å². The van der Waals surface area contributed by atoms with Crippen molar-refractivity contribution in [1.82, 2.24) is 0 Å². The lowest BCUT2D eigenvalue weighted by atomic mass is 10.0. The predicted octanol–water partition coefficient (Wildman–Crippen LogP) is 5.08. The van der Waals surface area contributed by atoms with Crippen molar-refractivity contribution in [2.45, 2.75) is 37.9 Å². The van der Waals surface area contributed by atoms with Crippen molar-refractivity contribution < 1.29 is 0 Å². The molecule has 2 heteroatoms. The number of hydrogen-bond acceptors (Lipinski definition) is 0. The molecule has 0 aliphatic heterocycles. The maximum Gasteiger partial charge on any atom is 0.0406 e. The van der Waals surface area contributed by atoms with Crippen LogP contribution in [-0.4, -0.2) is 4.83 Å². The molecule has 0 aromatic heterocycles. The molecular formula is C13H18BrCl. The summed E-state index contributed by atoms with van der Waals surface area (Å²) in [6, 6.07) is 8.12. The molecule has 1 rings (SSSR count). The zero-order chi connectivity index (χ0) is 11.3. The smallest absolute Gasteiger partial charge is 0.0406 e. The Hall–Kier alpha value is -0.0100. The highest BCUT2D eigenvalue weighted by atomic mass is 79.9. The fraction of sp³-hybridized carbons (Fsp3) is 0.538. The molecule has 0 N–H and O–H groups in total. The van der Waals surface area contributed by atoms with Gasteiger partial charge in [-0.05, 0) is 42.9 Å². The van der Waals surface area contributed by atoms with E-state index in [1.165, 1.54) is 18.4 Å². The molecule has 0 aliphatic carbocycles. The summed E-state index contributed by atoms with van der Waals surface area (Å²) in [4.78, 5) is 0.584. The zero-order valence-electron chi connectivity index (χ0n) is 9.34. The fourth-order valence-electron chi connectivity index (χ4n) is 1.49. The van der Waals surface area contributed by atoms with Gasteiger partial charge in [0, 0.05) is 9.85 Å². The summed E-state index contributed by atoms with van der Waals surface area (Å²) in [6.07, 6.45) is 3.60. The van der Waals surface area contributed by atoms with Gasteiger partial charge in [-0.2, -0.15) is 0 Å². The number of hydrogen-bond donors (Lipinski definition) is 0. The highest BCUT2D eigenvalue weighted by Crippen LogP contribution is 2.19. The lowest BCUT2D eigenvalue weighted by molar-refractivity contribution is 0.547. The summed E-state index contributed by atoms with van der Waals surface area (Å²) < 4.78 is 0. The molecule has 84 valence electrons. The van der Waals surface area contributed by atoms with E-state index in [4.69, 9.17) is 11.6 Å². The zero-order valence-corrected chi connectivity index (χ0v) is 11.7. The Morgan fingerprint density at radius 2 is 1.73 bits per heavy atom. The standard InChI is InChI=1S/C13H18BrCl/c1-10(2)3-6-12(14)9-11-4-7-13(15)8-5-11/h4-5,7-8,10,12H,3,6,9H2,1-2H3. The molecular weight excluding hydrogens is 272 g/mol. The van der Waals surface area contributed by atoms with Crippen molar-refractivity contribution in [3.63, 3.8) is 0 Å². The van der Waals surface area contributed by atoms with Crippen LogP contribution in [0.25, 0.3) is 0 Å². The highest BCUT2D eigenvalue weighted by Gasteiger charge is 2.06. The van der Waals surface area contributed by atoms with Crippen LogP contribution in [0.1, 0.15) is 32.3 Å². The molecule has 0 amide bonds. The summed E-state index contributed by atoms with van der Waals surface area (Å²) in [5.74, 6) is 0.787. The largest absolute Gasteiger partial charge is 0.0887 e. The van der Waals surface area contributed by atoms with E-state index in [0.717, 1.165) is 17.4 Å². The normalized spacial score (nSPS) is 13.1. The van der Waals surface area contributed by atoms with Crippen LogP contribution in [0.3, 0.4) is 0 Å². The summed E-state index contributed by atoms with van der Waals surface area (Å²) in [5, 5.41) is 0.812. The van der Waals surface area contributed by atoms with Gasteiger partial charge in [-0.1, -0.05) is 53.5 Å². The number of alkyl halides is 1. The van der Waals surface area contributed by atoms with Crippen LogP contribution in [0.2, 0.25) is 5.02 Å². The highest BCUT2D eigenvalue weighted by molar-refractivity contribution is 9.09. The van der Waals surface area contributed by atoms with Crippen LogP contribution in [0.5, 0.6) is 0 Å². The molecule has 0 nitrogen and oxygen atoms in total. The molecule has 0 aliphatic rings. The van der Waals surface area contributed by atoms with E-state index in [1.54, 1.807) is 0 Å². The Balaban J connectivity index is 2.37. The number of halogens is 2. The monoisotopic (exact) mass is 288 g/mol. The quantitative estimate of drug-likeness (QED) is 0.663. The van der Waals surface area contributed by atoms with E-state index in [9.17, 15) is 0 Å². The second-order valence-electron chi connectivity index (χ2n) is 4.40. The second-order valence-corrected chi connectivity index (χ2v) is 6.13. The van der Waals surface area contributed by atoms with E-state index < -0.39 is 0 Å². The van der Waals surface area contributed by atoms with E-state index >= 15 is 0 Å². The van der Waals surface area contributed by atoms with Crippen molar-refractivity contribution in [3.8, 4) is 0 Å². The van der Waals surface area contributed by atoms with E-state index in [-0.39, 0.29) is 0 Å². The fourth-order valence-corrected chi connectivity index (χ4v) is 2.26. The molecule has 1 unspecified atom stereocenters. The SMILES string of the molecule is CC(C)CCC(Br)Cc1ccc(Cl)cc1. The Bertz CT molecular complexity index is 279. The Morgan fingerprint density at radius 1 is 1.13 bits per heavy atom. The molecule has 15 heavy (non-hydrogen) atoms. The topological polar surface area (TPSA) is 0 Å². The molecule has 0 bridgehead atoms. The van der Waals surface area contributed by atoms with Gasteiger partial charge in [0.2, 0.25) is 0 Å². The van der Waals surface area contributed by atoms with Gasteiger partial charge in [-0.25, -0.2) is 0 Å². The summed E-state index contributed by atoms with van der Waals surface area (Å²) in [7, 11) is 0. The number of rotatable bonds is 5. The Morgan fingerprint density at radius 3 is 2.27 bits per heavy atom. The molecule has 1 aromatic rings. The summed E-state index contributed by atoms with van der Waals surface area (Å²) in [5.41, 5.74) is 1.35. The molecule has 0 radical (unpaired) electrons. The first-order chi connectivity index (χ1) is 7.08. The van der Waals surface area contributed by atoms with Crippen LogP contribution in [-0.2, 0) is 6.42 Å². The van der Waals surface area contributed by atoms with E-state index in [0.29, 0.717) is 4.83 Å². The minimum absolute atomic E-state index is 0.584. The van der Waals surface area contributed by atoms with Gasteiger partial charge in [-0.15, -0.1) is 0 Å². The average molecular weight is 290 g/mol. The van der Waals surface area contributed by atoms with Gasteiger partial charge in [-0.3, -0.25) is 0 Å². The molecule has 0 heterocycles. The molecule has 0 spiro atoms. The number of benzene rings is 1. The minimum Gasteiger partial charge on any atom is -0.0887 e. The van der Waals surface area contributed by atoms with Gasteiger partial charge >= 0.3 is 0 Å². The molecule has 1 atom stereocenters. The first kappa shape index (κ1) is 13.1. The third kappa shape index (κ3) is 5.58. The second kappa shape index (κ2) is 6.55. The van der Waals surface area contributed by atoms with Gasteiger partial charge in [0.05, 0.1) is 0 Å². The minimum atomic E-state index is 0.584. The van der Waals surface area contributed by atoms with E-state index in [2.05, 4.69) is 41.9 Å². The van der Waals surface area contributed by atoms with Gasteiger partial charge in [0.1, 0.15) is 0 Å². The lowest BCUT2D eigenvalue weighted by Gasteiger charge is -2.11. The summed E-state index contributed by atoms with van der Waals surface area (Å²) in [6.45, 7) is 4.53. The molecule has 0 fully saturated rings. The van der Waals surface area contributed by atoms with Gasteiger partial charge in [0.25, 0.3) is 0 Å². The van der Waals surface area contributed by atoms with Gasteiger partial charge in [0.15, 0.2) is 0 Å². The molecule has 1 aromatic carbocycles. The van der Waals surface area contributed by atoms with Crippen LogP contribution in [0.4, 0.5) is 0 Å². The van der Waals surface area contributed by atoms with Crippen molar-refractivity contribution in [2.75, 3.05) is 0 Å². The predicted molar refractivity (Wildman–Crippen MR) is 71.9 cm³/mol. The third-order valence-electron chi connectivity index (χ3n) is 2.43. The third-order valence-corrected chi connectivity index (χ3v) is 3.46. The maximum atomic E-state index is 5.84. The molecule has 0 saturated carbocycles. The van der Waals surface area contributed by atoms with Crippen LogP contribution >= 0.6 is 27.5 Å². The van der Waals surface area contributed by atoms with Crippen molar-refractivity contribution in [1.29, 1.82) is 0 Å². The van der Waals surface area contributed by atoms with E-state index in [1.807, 2.05) is 12.1 Å². The van der Waals surface area contributed by atoms with Crippen LogP contribution in [0, 0.1) is 5.92 Å². The van der Waals surface area contributed by atoms with Crippen molar-refractivity contribution in [2.24, 2.45) is 5.92 Å². The Kier molecular flexibility index (Phi) is 5.70. The van der Waals surface area contributed by atoms with Crippen LogP contribution in [0.15, 0.2) is 24.3 Å². The first-order valence-electron chi connectivity index (χ1n) is 5.46. The van der Waals surface area contributed by atoms with Crippen molar-refractivity contribution in [3.05, 3.63) is 34.9 Å². The maximum absolute atomic E-state index is 5.84. The van der Waals surface area contributed by atoms with Crippen molar-refractivity contribution >= 4 is 27.5 Å². The lowest BCUT2D eigenvalue weighted by Crippen LogP contribution is -2.04. The summed E-state index contributed by atoms with van der Waals surface area (Å²) >= 11 is 9.57. The average Bonchev–Trinajstić information content (AvgIpc) is 2.19. The van der Waals surface area contributed by atoms with Gasteiger partial charge < -0.3 is 0 Å². The first-order valence-corrected chi connectivity index (χ1v) is 6.76.